The Morgan fingerprint density at radius 3 is 1.61 bits per heavy atom. The first kappa shape index (κ1) is 42.3. The van der Waals surface area contributed by atoms with E-state index in [0.717, 1.165) is 83.6 Å². The summed E-state index contributed by atoms with van der Waals surface area (Å²) in [7, 11) is 0. The van der Waals surface area contributed by atoms with Crippen LogP contribution in [0.2, 0.25) is 0 Å². The first-order chi connectivity index (χ1) is 30.5. The number of pyridine rings is 1. The summed E-state index contributed by atoms with van der Waals surface area (Å²) < 4.78 is 2.28. The quantitative estimate of drug-likeness (QED) is 0.174. The Morgan fingerprint density at radius 1 is 0.422 bits per heavy atom. The van der Waals surface area contributed by atoms with Crippen LogP contribution in [0.25, 0.3) is 83.9 Å². The van der Waals surface area contributed by atoms with Gasteiger partial charge in [-0.15, -0.1) is 0 Å². The van der Waals surface area contributed by atoms with Gasteiger partial charge in [0.15, 0.2) is 0 Å². The van der Waals surface area contributed by atoms with Crippen molar-refractivity contribution in [2.75, 3.05) is 0 Å². The summed E-state index contributed by atoms with van der Waals surface area (Å²) in [5.41, 5.74) is 16.8. The van der Waals surface area contributed by atoms with E-state index in [9.17, 15) is 5.11 Å². The van der Waals surface area contributed by atoms with E-state index in [-0.39, 0.29) is 22.0 Å². The van der Waals surface area contributed by atoms with Crippen molar-refractivity contribution in [2.24, 2.45) is 0 Å². The summed E-state index contributed by atoms with van der Waals surface area (Å²) in [6.45, 7) is 20.0. The van der Waals surface area contributed by atoms with Crippen molar-refractivity contribution in [2.45, 2.75) is 78.6 Å². The highest BCUT2D eigenvalue weighted by atomic mass is 16.3. The summed E-state index contributed by atoms with van der Waals surface area (Å²) in [5, 5.41) is 12.6. The van der Waals surface area contributed by atoms with Gasteiger partial charge in [0.1, 0.15) is 11.6 Å². The molecule has 1 N–H and O–H groups in total. The molecule has 318 valence electrons. The second-order valence-corrected chi connectivity index (χ2v) is 20.2. The standard InChI is InChI=1S/C60H57N3O/c1-58(2,3)46-33-44(32-45(34-46)52-36-43(30-31-61-52)40-22-15-11-16-23-40)48-26-19-27-54-55(48)62-57(50-37-47(59(4,5)6)38-51(56(50)64)60(7,8)9)63(54)53-29-28-42(39-20-13-10-14-21-39)35-49(53)41-24-17-12-18-25-41/h10-38,64H,1-9H3. The summed E-state index contributed by atoms with van der Waals surface area (Å²) in [6, 6.07) is 60.3. The van der Waals surface area contributed by atoms with Crippen LogP contribution >= 0.6 is 0 Å². The Morgan fingerprint density at radius 2 is 1.00 bits per heavy atom. The third kappa shape index (κ3) is 8.17. The maximum absolute atomic E-state index is 12.6. The lowest BCUT2D eigenvalue weighted by Crippen LogP contribution is -2.17. The molecule has 4 heteroatoms. The number of para-hydroxylation sites is 1. The number of benzene rings is 7. The monoisotopic (exact) mass is 835 g/mol. The molecular weight excluding hydrogens is 779 g/mol. The Hall–Kier alpha value is -7.04. The van der Waals surface area contributed by atoms with Gasteiger partial charge in [-0.25, -0.2) is 4.98 Å². The predicted octanol–water partition coefficient (Wildman–Crippen LogP) is 16.0. The molecule has 0 fully saturated rings. The van der Waals surface area contributed by atoms with Gasteiger partial charge in [-0.2, -0.15) is 0 Å². The molecule has 2 heterocycles. The van der Waals surface area contributed by atoms with Gasteiger partial charge in [-0.3, -0.25) is 9.55 Å². The number of nitrogens with zero attached hydrogens (tertiary/aromatic N) is 3. The van der Waals surface area contributed by atoms with Crippen molar-refractivity contribution < 1.29 is 5.11 Å². The fraction of sp³-hybridized carbons (Fsp3) is 0.200. The highest BCUT2D eigenvalue weighted by Gasteiger charge is 2.29. The van der Waals surface area contributed by atoms with E-state index in [2.05, 4.69) is 231 Å². The average molecular weight is 836 g/mol. The molecule has 0 saturated heterocycles. The minimum atomic E-state index is -0.329. The number of rotatable bonds is 7. The van der Waals surface area contributed by atoms with Crippen molar-refractivity contribution in [3.63, 3.8) is 0 Å². The molecule has 4 nitrogen and oxygen atoms in total. The molecule has 0 bridgehead atoms. The topological polar surface area (TPSA) is 50.9 Å². The molecule has 2 aromatic heterocycles. The largest absolute Gasteiger partial charge is 0.507 e. The smallest absolute Gasteiger partial charge is 0.149 e. The second kappa shape index (κ2) is 16.3. The van der Waals surface area contributed by atoms with Crippen LogP contribution in [0.1, 0.15) is 79.0 Å². The molecule has 0 spiro atoms. The zero-order valence-electron chi connectivity index (χ0n) is 38.5. The Labute approximate surface area is 379 Å². The number of fused-ring (bicyclic) bond motifs is 1. The van der Waals surface area contributed by atoms with Gasteiger partial charge in [0.05, 0.1) is 28.0 Å². The van der Waals surface area contributed by atoms with Crippen LogP contribution in [0, 0.1) is 0 Å². The van der Waals surface area contributed by atoms with Gasteiger partial charge in [-0.05, 0) is 109 Å². The fourth-order valence-electron chi connectivity index (χ4n) is 8.72. The lowest BCUT2D eigenvalue weighted by molar-refractivity contribution is 0.446. The molecule has 0 saturated carbocycles. The van der Waals surface area contributed by atoms with Crippen molar-refractivity contribution >= 4 is 11.0 Å². The predicted molar refractivity (Wildman–Crippen MR) is 269 cm³/mol. The van der Waals surface area contributed by atoms with Crippen molar-refractivity contribution in [3.8, 4) is 78.6 Å². The molecule has 0 aliphatic rings. The first-order valence-electron chi connectivity index (χ1n) is 22.4. The zero-order chi connectivity index (χ0) is 45.0. The van der Waals surface area contributed by atoms with Gasteiger partial charge in [0.25, 0.3) is 0 Å². The lowest BCUT2D eigenvalue weighted by atomic mass is 9.79. The Kier molecular flexibility index (Phi) is 10.7. The number of imidazole rings is 1. The number of hydrogen-bond donors (Lipinski definition) is 1. The van der Waals surface area contributed by atoms with Crippen LogP contribution in [0.5, 0.6) is 5.75 Å². The van der Waals surface area contributed by atoms with Crippen molar-refractivity contribution in [3.05, 3.63) is 193 Å². The maximum atomic E-state index is 12.6. The number of hydrogen-bond acceptors (Lipinski definition) is 3. The Bertz CT molecular complexity index is 3140. The molecule has 0 radical (unpaired) electrons. The lowest BCUT2D eigenvalue weighted by Gasteiger charge is -2.27. The summed E-state index contributed by atoms with van der Waals surface area (Å²) >= 11 is 0. The molecular formula is C60H57N3O. The third-order valence-corrected chi connectivity index (χ3v) is 12.4. The summed E-state index contributed by atoms with van der Waals surface area (Å²) in [5.74, 6) is 0.938. The first-order valence-corrected chi connectivity index (χ1v) is 22.4. The van der Waals surface area contributed by atoms with Crippen LogP contribution < -0.4 is 0 Å². The molecule has 9 aromatic rings. The van der Waals surface area contributed by atoms with Crippen molar-refractivity contribution in [1.82, 2.24) is 14.5 Å². The summed E-state index contributed by atoms with van der Waals surface area (Å²) in [4.78, 5) is 10.6. The molecule has 7 aromatic carbocycles. The number of phenols is 1. The molecule has 0 amide bonds. The van der Waals surface area contributed by atoms with E-state index in [1.165, 1.54) is 5.56 Å². The minimum absolute atomic E-state index is 0.145. The number of aromatic nitrogens is 3. The van der Waals surface area contributed by atoms with Crippen LogP contribution in [0.4, 0.5) is 0 Å². The van der Waals surface area contributed by atoms with Crippen LogP contribution in [0.15, 0.2) is 176 Å². The normalized spacial score (nSPS) is 12.2. The molecule has 64 heavy (non-hydrogen) atoms. The average Bonchev–Trinajstić information content (AvgIpc) is 3.68. The SMILES string of the molecule is CC(C)(C)c1cc(-c2cc(-c3ccccc3)ccn2)cc(-c2cccc3c2nc(-c2cc(C(C)(C)C)cc(C(C)(C)C)c2O)n3-c2ccc(-c3ccccc3)cc2-c2ccccc2)c1. The molecule has 0 aliphatic carbocycles. The van der Waals surface area contributed by atoms with Crippen molar-refractivity contribution in [1.29, 1.82) is 0 Å². The molecule has 0 aliphatic heterocycles. The van der Waals surface area contributed by atoms with E-state index in [1.807, 2.05) is 12.3 Å². The van der Waals surface area contributed by atoms with Gasteiger partial charge in [-0.1, -0.05) is 184 Å². The Balaban J connectivity index is 1.36. The maximum Gasteiger partial charge on any atom is 0.149 e. The van der Waals surface area contributed by atoms with E-state index < -0.39 is 0 Å². The van der Waals surface area contributed by atoms with Gasteiger partial charge >= 0.3 is 0 Å². The van der Waals surface area contributed by atoms with Crippen LogP contribution in [0.3, 0.4) is 0 Å². The van der Waals surface area contributed by atoms with Crippen LogP contribution in [-0.4, -0.2) is 19.6 Å². The number of phenolic OH excluding ortho intramolecular Hbond substituents is 1. The van der Waals surface area contributed by atoms with E-state index in [1.54, 1.807) is 0 Å². The highest BCUT2D eigenvalue weighted by Crippen LogP contribution is 2.46. The van der Waals surface area contributed by atoms with E-state index in [0.29, 0.717) is 11.4 Å². The highest BCUT2D eigenvalue weighted by molar-refractivity contribution is 5.98. The van der Waals surface area contributed by atoms with Gasteiger partial charge in [0.2, 0.25) is 0 Å². The van der Waals surface area contributed by atoms with E-state index >= 15 is 0 Å². The van der Waals surface area contributed by atoms with Gasteiger partial charge in [0, 0.05) is 28.5 Å². The van der Waals surface area contributed by atoms with E-state index in [4.69, 9.17) is 9.97 Å². The second-order valence-electron chi connectivity index (χ2n) is 20.2. The summed E-state index contributed by atoms with van der Waals surface area (Å²) in [6.07, 6.45) is 1.91. The fourth-order valence-corrected chi connectivity index (χ4v) is 8.72. The van der Waals surface area contributed by atoms with Gasteiger partial charge < -0.3 is 5.11 Å². The zero-order valence-corrected chi connectivity index (χ0v) is 38.5. The molecule has 0 unspecified atom stereocenters. The number of aromatic hydroxyl groups is 1. The minimum Gasteiger partial charge on any atom is -0.507 e. The van der Waals surface area contributed by atoms with Crippen LogP contribution in [-0.2, 0) is 16.2 Å². The molecule has 9 rings (SSSR count). The molecule has 0 atom stereocenters. The third-order valence-electron chi connectivity index (χ3n) is 12.4.